The predicted molar refractivity (Wildman–Crippen MR) is 320 cm³/mol. The smallest absolute Gasteiger partial charge is 0.242 e. The zero-order valence-corrected chi connectivity index (χ0v) is 44.8. The molecular formula is C70H65B2N. The summed E-state index contributed by atoms with van der Waals surface area (Å²) in [7, 11) is 0. The van der Waals surface area contributed by atoms with Crippen molar-refractivity contribution in [2.24, 2.45) is 0 Å². The molecular weight excluding hydrogens is 876 g/mol. The largest absolute Gasteiger partial charge is 0.309 e. The summed E-state index contributed by atoms with van der Waals surface area (Å²) in [5, 5.41) is 2.54. The molecule has 356 valence electrons. The lowest BCUT2D eigenvalue weighted by Crippen LogP contribution is -2.55. The minimum atomic E-state index is 0.127. The number of hydrogen-bond donors (Lipinski definition) is 0. The van der Waals surface area contributed by atoms with Crippen LogP contribution in [0.1, 0.15) is 66.8 Å². The molecule has 0 atom stereocenters. The second kappa shape index (κ2) is 18.8. The highest BCUT2D eigenvalue weighted by atomic mass is 15.2. The van der Waals surface area contributed by atoms with E-state index in [1.54, 1.807) is 0 Å². The van der Waals surface area contributed by atoms with Crippen molar-refractivity contribution < 1.29 is 0 Å². The Kier molecular flexibility index (Phi) is 12.3. The quantitative estimate of drug-likeness (QED) is 0.130. The summed E-state index contributed by atoms with van der Waals surface area (Å²) in [6.45, 7) is 27.4. The van der Waals surface area contributed by atoms with Crippen molar-refractivity contribution in [3.63, 3.8) is 0 Å². The van der Waals surface area contributed by atoms with Gasteiger partial charge in [0, 0.05) is 16.6 Å². The van der Waals surface area contributed by atoms with E-state index < -0.39 is 0 Å². The fourth-order valence-electron chi connectivity index (χ4n) is 13.4. The second-order valence-corrected chi connectivity index (χ2v) is 21.6. The van der Waals surface area contributed by atoms with Gasteiger partial charge in [0.25, 0.3) is 0 Å². The van der Waals surface area contributed by atoms with E-state index in [4.69, 9.17) is 0 Å². The van der Waals surface area contributed by atoms with Gasteiger partial charge in [-0.3, -0.25) is 0 Å². The van der Waals surface area contributed by atoms with E-state index in [0.717, 1.165) is 5.69 Å². The molecule has 10 aromatic rings. The minimum Gasteiger partial charge on any atom is -0.309 e. The number of aryl methyl sites for hydroxylation is 12. The van der Waals surface area contributed by atoms with E-state index in [2.05, 4.69) is 264 Å². The lowest BCUT2D eigenvalue weighted by Gasteiger charge is -2.34. The number of anilines is 3. The van der Waals surface area contributed by atoms with Crippen LogP contribution in [-0.2, 0) is 0 Å². The van der Waals surface area contributed by atoms with Gasteiger partial charge in [-0.05, 0) is 141 Å². The van der Waals surface area contributed by atoms with Crippen molar-refractivity contribution in [1.29, 1.82) is 0 Å². The molecule has 0 saturated heterocycles. The van der Waals surface area contributed by atoms with Gasteiger partial charge in [0.05, 0.1) is 11.4 Å². The Morgan fingerprint density at radius 3 is 1.11 bits per heavy atom. The van der Waals surface area contributed by atoms with Crippen LogP contribution in [0, 0.1) is 83.1 Å². The molecule has 10 aromatic carbocycles. The third-order valence-electron chi connectivity index (χ3n) is 16.0. The van der Waals surface area contributed by atoms with Crippen molar-refractivity contribution in [3.8, 4) is 33.4 Å². The SMILES string of the molecule is Cc1cc(C)c(B(c2ccc(-c3ccc4c(c3)N(c3ccccc3)c3cccc5c(-c6ccc(B(c7c(C)cc(C)cc7C)c7c(C)cc(C)cc7C)cc6)ccc-4c35)cc2)c2c(C)cc(C)cc2C)c(C)c1. The van der Waals surface area contributed by atoms with Crippen LogP contribution in [0.5, 0.6) is 0 Å². The number of rotatable bonds is 9. The minimum absolute atomic E-state index is 0.127. The highest BCUT2D eigenvalue weighted by Gasteiger charge is 2.32. The summed E-state index contributed by atoms with van der Waals surface area (Å²) in [5.74, 6) is 0. The third kappa shape index (κ3) is 8.43. The van der Waals surface area contributed by atoms with Crippen LogP contribution in [0.3, 0.4) is 0 Å². The van der Waals surface area contributed by atoms with Crippen LogP contribution in [-0.4, -0.2) is 13.4 Å². The number of nitrogens with zero attached hydrogens (tertiary/aromatic N) is 1. The fourth-order valence-corrected chi connectivity index (χ4v) is 13.4. The molecule has 0 aromatic heterocycles. The first-order valence-corrected chi connectivity index (χ1v) is 26.2. The molecule has 1 nitrogen and oxygen atoms in total. The van der Waals surface area contributed by atoms with Gasteiger partial charge in [-0.25, -0.2) is 0 Å². The molecule has 1 aliphatic heterocycles. The highest BCUT2D eigenvalue weighted by molar-refractivity contribution is 6.97. The van der Waals surface area contributed by atoms with Crippen LogP contribution in [0.15, 0.2) is 176 Å². The summed E-state index contributed by atoms with van der Waals surface area (Å²) < 4.78 is 0. The van der Waals surface area contributed by atoms with Gasteiger partial charge in [0.15, 0.2) is 0 Å². The zero-order valence-electron chi connectivity index (χ0n) is 44.8. The first-order valence-electron chi connectivity index (χ1n) is 26.2. The van der Waals surface area contributed by atoms with Crippen LogP contribution in [0.2, 0.25) is 0 Å². The third-order valence-corrected chi connectivity index (χ3v) is 16.0. The Morgan fingerprint density at radius 2 is 0.671 bits per heavy atom. The van der Waals surface area contributed by atoms with Gasteiger partial charge in [-0.15, -0.1) is 0 Å². The highest BCUT2D eigenvalue weighted by Crippen LogP contribution is 2.53. The number of fused-ring (bicyclic) bond motifs is 2. The van der Waals surface area contributed by atoms with E-state index in [-0.39, 0.29) is 13.4 Å². The Labute approximate surface area is 435 Å². The lowest BCUT2D eigenvalue weighted by atomic mass is 9.34. The average molecular weight is 942 g/mol. The van der Waals surface area contributed by atoms with E-state index >= 15 is 0 Å². The second-order valence-electron chi connectivity index (χ2n) is 21.6. The van der Waals surface area contributed by atoms with Gasteiger partial charge in [-0.1, -0.05) is 251 Å². The fraction of sp³-hybridized carbons (Fsp3) is 0.171. The molecule has 1 aliphatic rings. The van der Waals surface area contributed by atoms with E-state index in [0.29, 0.717) is 0 Å². The molecule has 0 spiro atoms. The molecule has 0 amide bonds. The van der Waals surface area contributed by atoms with Crippen LogP contribution >= 0.6 is 0 Å². The lowest BCUT2D eigenvalue weighted by molar-refractivity contribution is 1.28. The van der Waals surface area contributed by atoms with Gasteiger partial charge < -0.3 is 4.90 Å². The molecule has 0 unspecified atom stereocenters. The normalized spacial score (nSPS) is 11.8. The summed E-state index contributed by atoms with van der Waals surface area (Å²) in [6.07, 6.45) is 0. The molecule has 11 rings (SSSR count). The molecule has 0 N–H and O–H groups in total. The first-order chi connectivity index (χ1) is 35.1. The standard InChI is InChI=1S/C70H65B2N/c1-42-33-46(5)67(47(6)34-42)71(68-48(7)35-43(2)36-49(68)8)57-26-21-54(22-27-57)56-25-30-61-63-32-31-60(62-19-16-20-64(66(62)63)73(65(61)41-56)59-17-14-13-15-18-59)55-23-28-58(29-24-55)72(69-50(9)37-44(3)38-51(69)10)70-52(11)39-45(4)40-53(70)12/h13-41H,1-12H3. The van der Waals surface area contributed by atoms with E-state index in [1.807, 2.05) is 0 Å². The first kappa shape index (κ1) is 47.7. The predicted octanol–water partition coefficient (Wildman–Crippen LogP) is 14.4. The molecule has 0 saturated carbocycles. The van der Waals surface area contributed by atoms with E-state index in [1.165, 1.54) is 155 Å². The summed E-state index contributed by atoms with van der Waals surface area (Å²) in [6, 6.07) is 67.4. The Hall–Kier alpha value is -7.61. The Morgan fingerprint density at radius 1 is 0.288 bits per heavy atom. The molecule has 0 radical (unpaired) electrons. The van der Waals surface area contributed by atoms with Crippen LogP contribution < -0.4 is 37.7 Å². The molecule has 73 heavy (non-hydrogen) atoms. The zero-order chi connectivity index (χ0) is 51.0. The molecule has 3 heteroatoms. The van der Waals surface area contributed by atoms with Crippen molar-refractivity contribution in [3.05, 3.63) is 243 Å². The van der Waals surface area contributed by atoms with Gasteiger partial charge in [-0.2, -0.15) is 0 Å². The van der Waals surface area contributed by atoms with Crippen LogP contribution in [0.25, 0.3) is 44.2 Å². The molecule has 0 fully saturated rings. The molecule has 0 bridgehead atoms. The summed E-state index contributed by atoms with van der Waals surface area (Å²) in [5.41, 5.74) is 35.2. The maximum absolute atomic E-state index is 2.49. The summed E-state index contributed by atoms with van der Waals surface area (Å²) in [4.78, 5) is 2.49. The van der Waals surface area contributed by atoms with Crippen LogP contribution in [0.4, 0.5) is 17.1 Å². The van der Waals surface area contributed by atoms with E-state index in [9.17, 15) is 0 Å². The molecule has 1 heterocycles. The topological polar surface area (TPSA) is 3.24 Å². The molecule has 0 aliphatic carbocycles. The van der Waals surface area contributed by atoms with Gasteiger partial charge in [0.2, 0.25) is 13.4 Å². The Balaban J connectivity index is 1.01. The average Bonchev–Trinajstić information content (AvgIpc) is 3.35. The van der Waals surface area contributed by atoms with Gasteiger partial charge in [0.1, 0.15) is 0 Å². The van der Waals surface area contributed by atoms with Crippen molar-refractivity contribution in [2.75, 3.05) is 4.90 Å². The van der Waals surface area contributed by atoms with Gasteiger partial charge >= 0.3 is 0 Å². The monoisotopic (exact) mass is 942 g/mol. The number of para-hydroxylation sites is 1. The Bertz CT molecular complexity index is 3600. The number of benzene rings is 10. The van der Waals surface area contributed by atoms with Crippen molar-refractivity contribution in [2.45, 2.75) is 83.1 Å². The van der Waals surface area contributed by atoms with Crippen molar-refractivity contribution >= 4 is 74.0 Å². The summed E-state index contributed by atoms with van der Waals surface area (Å²) >= 11 is 0. The van der Waals surface area contributed by atoms with Crippen molar-refractivity contribution in [1.82, 2.24) is 0 Å². The maximum atomic E-state index is 2.49. The maximum Gasteiger partial charge on any atom is 0.242 e. The number of hydrogen-bond acceptors (Lipinski definition) is 1.